The van der Waals surface area contributed by atoms with Crippen molar-refractivity contribution >= 4 is 23.6 Å². The summed E-state index contributed by atoms with van der Waals surface area (Å²) in [7, 11) is 0. The van der Waals surface area contributed by atoms with Crippen LogP contribution in [0.5, 0.6) is 0 Å². The van der Waals surface area contributed by atoms with Gasteiger partial charge in [0.2, 0.25) is 11.9 Å². The Hall–Kier alpha value is -2.96. The van der Waals surface area contributed by atoms with Gasteiger partial charge in [0.15, 0.2) is 0 Å². The Kier molecular flexibility index (Phi) is 4.18. The van der Waals surface area contributed by atoms with E-state index >= 15 is 0 Å². The van der Waals surface area contributed by atoms with Crippen molar-refractivity contribution in [3.05, 3.63) is 47.8 Å². The minimum atomic E-state index is -0.232. The van der Waals surface area contributed by atoms with Crippen molar-refractivity contribution in [3.63, 3.8) is 0 Å². The van der Waals surface area contributed by atoms with Crippen molar-refractivity contribution in [2.24, 2.45) is 4.99 Å². The molecule has 2 N–H and O–H groups in total. The normalized spacial score (nSPS) is 13.7. The molecule has 118 valence electrons. The molecule has 0 radical (unpaired) electrons. The van der Waals surface area contributed by atoms with Gasteiger partial charge in [-0.2, -0.15) is 0 Å². The molecule has 0 fully saturated rings. The predicted octanol–water partition coefficient (Wildman–Crippen LogP) is 2.41. The quantitative estimate of drug-likeness (QED) is 0.892. The number of aliphatic imine (C=N–C) groups is 1. The molecule has 0 saturated carbocycles. The number of urea groups is 1. The molecule has 0 saturated heterocycles. The topological polar surface area (TPSA) is 82.5 Å². The molecule has 1 aromatic carbocycles. The number of carbonyl (C=O) groups is 1. The fourth-order valence-electron chi connectivity index (χ4n) is 2.35. The highest BCUT2D eigenvalue weighted by Gasteiger charge is 2.24. The lowest BCUT2D eigenvalue weighted by Crippen LogP contribution is -2.41. The second kappa shape index (κ2) is 6.43. The Balaban J connectivity index is 1.71. The van der Waals surface area contributed by atoms with Crippen LogP contribution in [0.1, 0.15) is 11.4 Å². The van der Waals surface area contributed by atoms with Gasteiger partial charge in [-0.3, -0.25) is 15.2 Å². The summed E-state index contributed by atoms with van der Waals surface area (Å²) in [6, 6.07) is 11.0. The van der Waals surface area contributed by atoms with Gasteiger partial charge >= 0.3 is 6.03 Å². The summed E-state index contributed by atoms with van der Waals surface area (Å²) in [5.41, 5.74) is 2.46. The van der Waals surface area contributed by atoms with Gasteiger partial charge < -0.3 is 5.32 Å². The van der Waals surface area contributed by atoms with E-state index in [1.54, 1.807) is 4.90 Å². The first-order valence-corrected chi connectivity index (χ1v) is 7.39. The number of para-hydroxylation sites is 1. The molecule has 2 heterocycles. The first-order chi connectivity index (χ1) is 11.1. The highest BCUT2D eigenvalue weighted by Crippen LogP contribution is 2.11. The molecular weight excluding hydrogens is 292 g/mol. The average molecular weight is 310 g/mol. The Bertz CT molecular complexity index is 723. The smallest absolute Gasteiger partial charge is 0.307 e. The van der Waals surface area contributed by atoms with E-state index < -0.39 is 0 Å². The zero-order chi connectivity index (χ0) is 16.2. The van der Waals surface area contributed by atoms with Crippen LogP contribution in [0.25, 0.3) is 0 Å². The zero-order valence-corrected chi connectivity index (χ0v) is 13.1. The van der Waals surface area contributed by atoms with Crippen molar-refractivity contribution in [2.75, 3.05) is 23.7 Å². The third kappa shape index (κ3) is 3.63. The lowest BCUT2D eigenvalue weighted by atomic mass is 10.3. The van der Waals surface area contributed by atoms with Gasteiger partial charge in [0.1, 0.15) is 0 Å². The minimum absolute atomic E-state index is 0.232. The fourth-order valence-corrected chi connectivity index (χ4v) is 2.35. The molecule has 23 heavy (non-hydrogen) atoms. The maximum absolute atomic E-state index is 12.4. The average Bonchev–Trinajstić information content (AvgIpc) is 2.95. The number of hydrogen-bond acceptors (Lipinski definition) is 5. The van der Waals surface area contributed by atoms with E-state index in [1.807, 2.05) is 50.2 Å². The van der Waals surface area contributed by atoms with Crippen molar-refractivity contribution in [2.45, 2.75) is 13.8 Å². The zero-order valence-electron chi connectivity index (χ0n) is 13.1. The van der Waals surface area contributed by atoms with Crippen LogP contribution in [-0.4, -0.2) is 39.9 Å². The largest absolute Gasteiger partial charge is 0.328 e. The number of guanidine groups is 1. The predicted molar refractivity (Wildman–Crippen MR) is 89.6 cm³/mol. The van der Waals surface area contributed by atoms with Crippen LogP contribution in [0.3, 0.4) is 0 Å². The van der Waals surface area contributed by atoms with Gasteiger partial charge in [-0.05, 0) is 32.0 Å². The fraction of sp³-hybridized carbons (Fsp3) is 0.250. The van der Waals surface area contributed by atoms with Crippen LogP contribution >= 0.6 is 0 Å². The first kappa shape index (κ1) is 15.0. The summed E-state index contributed by atoms with van der Waals surface area (Å²) in [6.45, 7) is 4.87. The molecule has 3 rings (SSSR count). The number of anilines is 2. The van der Waals surface area contributed by atoms with E-state index in [2.05, 4.69) is 25.6 Å². The molecule has 2 aromatic rings. The molecule has 0 aliphatic carbocycles. The lowest BCUT2D eigenvalue weighted by molar-refractivity contribution is 0.236. The number of amides is 2. The van der Waals surface area contributed by atoms with Crippen molar-refractivity contribution < 1.29 is 4.79 Å². The number of nitrogens with one attached hydrogen (secondary N) is 2. The van der Waals surface area contributed by atoms with Crippen LogP contribution < -0.4 is 10.6 Å². The van der Waals surface area contributed by atoms with E-state index in [0.717, 1.165) is 17.1 Å². The van der Waals surface area contributed by atoms with E-state index in [0.29, 0.717) is 25.0 Å². The molecule has 0 atom stereocenters. The van der Waals surface area contributed by atoms with Crippen molar-refractivity contribution in [3.8, 4) is 0 Å². The van der Waals surface area contributed by atoms with Crippen LogP contribution in [-0.2, 0) is 0 Å². The number of aromatic nitrogens is 2. The maximum Gasteiger partial charge on any atom is 0.328 e. The maximum atomic E-state index is 12.4. The number of aryl methyl sites for hydroxylation is 2. The molecule has 0 bridgehead atoms. The van der Waals surface area contributed by atoms with Gasteiger partial charge in [0, 0.05) is 17.1 Å². The second-order valence-electron chi connectivity index (χ2n) is 5.25. The number of benzene rings is 1. The monoisotopic (exact) mass is 310 g/mol. The molecule has 1 aromatic heterocycles. The van der Waals surface area contributed by atoms with E-state index in [1.165, 1.54) is 0 Å². The highest BCUT2D eigenvalue weighted by molar-refractivity contribution is 6.07. The van der Waals surface area contributed by atoms with Crippen LogP contribution in [0.4, 0.5) is 16.4 Å². The van der Waals surface area contributed by atoms with E-state index in [4.69, 9.17) is 0 Å². The molecule has 1 aliphatic heterocycles. The Labute approximate surface area is 134 Å². The lowest BCUT2D eigenvalue weighted by Gasteiger charge is -2.19. The Morgan fingerprint density at radius 1 is 1.13 bits per heavy atom. The van der Waals surface area contributed by atoms with Gasteiger partial charge in [-0.15, -0.1) is 0 Å². The first-order valence-electron chi connectivity index (χ1n) is 7.39. The summed E-state index contributed by atoms with van der Waals surface area (Å²) in [6.07, 6.45) is 0. The molecular formula is C16H18N6O. The van der Waals surface area contributed by atoms with Crippen LogP contribution in [0, 0.1) is 13.8 Å². The Morgan fingerprint density at radius 2 is 1.83 bits per heavy atom. The summed E-state index contributed by atoms with van der Waals surface area (Å²) in [4.78, 5) is 26.9. The number of carbonyl (C=O) groups excluding carboxylic acids is 1. The van der Waals surface area contributed by atoms with Gasteiger partial charge in [0.05, 0.1) is 13.1 Å². The number of hydrogen-bond donors (Lipinski definition) is 2. The summed E-state index contributed by atoms with van der Waals surface area (Å²) in [5, 5.41) is 5.88. The van der Waals surface area contributed by atoms with Gasteiger partial charge in [-0.25, -0.2) is 14.8 Å². The summed E-state index contributed by atoms with van der Waals surface area (Å²) < 4.78 is 0. The van der Waals surface area contributed by atoms with E-state index in [9.17, 15) is 4.79 Å². The third-order valence-electron chi connectivity index (χ3n) is 3.32. The molecule has 7 heteroatoms. The summed E-state index contributed by atoms with van der Waals surface area (Å²) in [5.74, 6) is 0.907. The second-order valence-corrected chi connectivity index (χ2v) is 5.25. The molecule has 2 amide bonds. The molecule has 7 nitrogen and oxygen atoms in total. The Morgan fingerprint density at radius 3 is 2.52 bits per heavy atom. The number of rotatable bonds is 2. The SMILES string of the molecule is Cc1cc(C)nc(NC2=NCCN2C(=O)Nc2ccccc2)n1. The van der Waals surface area contributed by atoms with E-state index in [-0.39, 0.29) is 6.03 Å². The summed E-state index contributed by atoms with van der Waals surface area (Å²) >= 11 is 0. The van der Waals surface area contributed by atoms with Crippen molar-refractivity contribution in [1.29, 1.82) is 0 Å². The molecule has 1 aliphatic rings. The molecule has 0 spiro atoms. The van der Waals surface area contributed by atoms with Gasteiger partial charge in [-0.1, -0.05) is 18.2 Å². The third-order valence-corrected chi connectivity index (χ3v) is 3.32. The highest BCUT2D eigenvalue weighted by atomic mass is 16.2. The van der Waals surface area contributed by atoms with Crippen molar-refractivity contribution in [1.82, 2.24) is 14.9 Å². The minimum Gasteiger partial charge on any atom is -0.307 e. The van der Waals surface area contributed by atoms with Crippen LogP contribution in [0.15, 0.2) is 41.4 Å². The number of nitrogens with zero attached hydrogens (tertiary/aromatic N) is 4. The van der Waals surface area contributed by atoms with Crippen LogP contribution in [0.2, 0.25) is 0 Å². The molecule has 0 unspecified atom stereocenters. The standard InChI is InChI=1S/C16H18N6O/c1-11-10-12(2)19-14(18-11)21-15-17-8-9-22(15)16(23)20-13-6-4-3-5-7-13/h3-7,10H,8-9H2,1-2H3,(H,20,23)(H,17,18,19,21). The van der Waals surface area contributed by atoms with Gasteiger partial charge in [0.25, 0.3) is 0 Å².